The molecule has 1 unspecified atom stereocenters. The van der Waals surface area contributed by atoms with Crippen molar-refractivity contribution < 1.29 is 13.2 Å². The van der Waals surface area contributed by atoms with E-state index in [2.05, 4.69) is 15.4 Å². The summed E-state index contributed by atoms with van der Waals surface area (Å²) < 4.78 is 26.6. The quantitative estimate of drug-likeness (QED) is 0.772. The Balaban J connectivity index is 2.09. The van der Waals surface area contributed by atoms with Gasteiger partial charge in [-0.1, -0.05) is 11.8 Å². The van der Waals surface area contributed by atoms with E-state index in [0.717, 1.165) is 0 Å². The first-order chi connectivity index (χ1) is 8.97. The van der Waals surface area contributed by atoms with Gasteiger partial charge in [-0.3, -0.25) is 4.79 Å². The fourth-order valence-electron chi connectivity index (χ4n) is 1.48. The first kappa shape index (κ1) is 13.9. The highest BCUT2D eigenvalue weighted by Crippen LogP contribution is 2.18. The molecule has 1 atom stereocenters. The molecule has 0 spiro atoms. The van der Waals surface area contributed by atoms with E-state index in [4.69, 9.17) is 0 Å². The van der Waals surface area contributed by atoms with E-state index in [1.165, 1.54) is 30.8 Å². The van der Waals surface area contributed by atoms with Gasteiger partial charge in [-0.2, -0.15) is 4.72 Å². The summed E-state index contributed by atoms with van der Waals surface area (Å²) in [7, 11) is -3.57. The smallest absolute Gasteiger partial charge is 0.242 e. The minimum absolute atomic E-state index is 0.149. The molecule has 0 aliphatic carbocycles. The number of nitrogens with one attached hydrogen (secondary N) is 3. The fourth-order valence-corrected chi connectivity index (χ4v) is 3.53. The second kappa shape index (κ2) is 5.64. The monoisotopic (exact) mass is 299 g/mol. The van der Waals surface area contributed by atoms with Gasteiger partial charge in [0.05, 0.1) is 4.90 Å². The lowest BCUT2D eigenvalue weighted by molar-refractivity contribution is -0.114. The van der Waals surface area contributed by atoms with E-state index < -0.39 is 10.0 Å². The van der Waals surface area contributed by atoms with E-state index in [1.807, 2.05) is 0 Å². The van der Waals surface area contributed by atoms with Crippen LogP contribution in [0.25, 0.3) is 0 Å². The van der Waals surface area contributed by atoms with Crippen LogP contribution in [0.2, 0.25) is 0 Å². The normalized spacial score (nSPS) is 18.1. The van der Waals surface area contributed by atoms with Gasteiger partial charge in [0.15, 0.2) is 0 Å². The van der Waals surface area contributed by atoms with Gasteiger partial charge in [0.2, 0.25) is 15.9 Å². The van der Waals surface area contributed by atoms with E-state index in [1.54, 1.807) is 23.7 Å². The Kier molecular flexibility index (Phi) is 4.13. The van der Waals surface area contributed by atoms with Crippen LogP contribution in [0.5, 0.6) is 0 Å². The summed E-state index contributed by atoms with van der Waals surface area (Å²) >= 11 is 1.34. The van der Waals surface area contributed by atoms with Crippen LogP contribution in [0.15, 0.2) is 40.8 Å². The Labute approximate surface area is 115 Å². The maximum absolute atomic E-state index is 12.0. The highest BCUT2D eigenvalue weighted by atomic mass is 32.2. The van der Waals surface area contributed by atoms with E-state index in [0.29, 0.717) is 5.69 Å². The number of thioether (sulfide) groups is 1. The Morgan fingerprint density at radius 1 is 1.32 bits per heavy atom. The highest BCUT2D eigenvalue weighted by molar-refractivity contribution is 8.03. The lowest BCUT2D eigenvalue weighted by Crippen LogP contribution is -2.38. The number of rotatable bonds is 4. The molecular formula is C11H13N3O3S2. The van der Waals surface area contributed by atoms with Crippen LogP contribution < -0.4 is 15.4 Å². The highest BCUT2D eigenvalue weighted by Gasteiger charge is 2.20. The number of hydrogen-bond acceptors (Lipinski definition) is 5. The molecule has 0 radical (unpaired) electrons. The summed E-state index contributed by atoms with van der Waals surface area (Å²) in [5.74, 6) is -0.202. The van der Waals surface area contributed by atoms with E-state index >= 15 is 0 Å². The minimum Gasteiger partial charge on any atom is -0.366 e. The molecule has 1 aliphatic rings. The van der Waals surface area contributed by atoms with Crippen LogP contribution >= 0.6 is 11.8 Å². The molecule has 1 amide bonds. The standard InChI is InChI=1S/C11H13N3O3S2/c1-8(15)13-9-2-4-10(5-3-9)19(16,17)14-11-12-6-7-18-11/h2-7,11-12,14H,1H3,(H,13,15). The molecule has 3 N–H and O–H groups in total. The molecule has 1 aromatic carbocycles. The summed E-state index contributed by atoms with van der Waals surface area (Å²) in [5, 5.41) is 7.20. The summed E-state index contributed by atoms with van der Waals surface area (Å²) in [4.78, 5) is 11.0. The van der Waals surface area contributed by atoms with Crippen LogP contribution in [0.1, 0.15) is 6.92 Å². The Morgan fingerprint density at radius 3 is 2.53 bits per heavy atom. The summed E-state index contributed by atoms with van der Waals surface area (Å²) in [6, 6.07) is 5.98. The summed E-state index contributed by atoms with van der Waals surface area (Å²) in [6.07, 6.45) is 1.68. The van der Waals surface area contributed by atoms with Crippen LogP contribution in [0, 0.1) is 0 Å². The van der Waals surface area contributed by atoms with Gasteiger partial charge < -0.3 is 10.6 Å². The number of sulfonamides is 1. The van der Waals surface area contributed by atoms with Crippen molar-refractivity contribution in [2.45, 2.75) is 17.3 Å². The van der Waals surface area contributed by atoms with Crippen LogP contribution in [0.4, 0.5) is 5.69 Å². The molecule has 1 aromatic rings. The van der Waals surface area contributed by atoms with E-state index in [9.17, 15) is 13.2 Å². The van der Waals surface area contributed by atoms with Crippen molar-refractivity contribution in [3.05, 3.63) is 35.9 Å². The second-order valence-electron chi connectivity index (χ2n) is 3.81. The first-order valence-electron chi connectivity index (χ1n) is 5.44. The molecule has 1 aliphatic heterocycles. The first-order valence-corrected chi connectivity index (χ1v) is 7.86. The van der Waals surface area contributed by atoms with Gasteiger partial charge in [0.1, 0.15) is 5.50 Å². The lowest BCUT2D eigenvalue weighted by Gasteiger charge is -2.13. The molecule has 0 fully saturated rings. The lowest BCUT2D eigenvalue weighted by atomic mass is 10.3. The van der Waals surface area contributed by atoms with Crippen molar-refractivity contribution >= 4 is 33.4 Å². The van der Waals surface area contributed by atoms with Crippen molar-refractivity contribution in [1.82, 2.24) is 10.0 Å². The molecule has 0 saturated heterocycles. The summed E-state index contributed by atoms with van der Waals surface area (Å²) in [6.45, 7) is 1.39. The molecule has 2 rings (SSSR count). The minimum atomic E-state index is -3.57. The van der Waals surface area contributed by atoms with Gasteiger partial charge in [0.25, 0.3) is 0 Å². The van der Waals surface area contributed by atoms with Gasteiger partial charge >= 0.3 is 0 Å². The van der Waals surface area contributed by atoms with Crippen molar-refractivity contribution in [3.8, 4) is 0 Å². The summed E-state index contributed by atoms with van der Waals surface area (Å²) in [5.41, 5.74) is 0.168. The topological polar surface area (TPSA) is 87.3 Å². The van der Waals surface area contributed by atoms with Gasteiger partial charge in [-0.15, -0.1) is 0 Å². The number of carbonyl (C=O) groups excluding carboxylic acids is 1. The maximum Gasteiger partial charge on any atom is 0.242 e. The van der Waals surface area contributed by atoms with Gasteiger partial charge in [0, 0.05) is 18.8 Å². The number of benzene rings is 1. The van der Waals surface area contributed by atoms with Gasteiger partial charge in [-0.25, -0.2) is 8.42 Å². The third-order valence-electron chi connectivity index (χ3n) is 2.28. The Bertz CT molecular complexity index is 588. The predicted octanol–water partition coefficient (Wildman–Crippen LogP) is 1.01. The largest absolute Gasteiger partial charge is 0.366 e. The number of anilines is 1. The molecule has 102 valence electrons. The molecule has 0 aromatic heterocycles. The molecule has 8 heteroatoms. The zero-order valence-electron chi connectivity index (χ0n) is 10.1. The van der Waals surface area contributed by atoms with Crippen LogP contribution in [-0.4, -0.2) is 19.8 Å². The molecule has 0 bridgehead atoms. The third-order valence-corrected chi connectivity index (χ3v) is 4.68. The predicted molar refractivity (Wildman–Crippen MR) is 74.7 cm³/mol. The average Bonchev–Trinajstić information content (AvgIpc) is 2.81. The molecule has 6 nitrogen and oxygen atoms in total. The van der Waals surface area contributed by atoms with Crippen molar-refractivity contribution in [2.24, 2.45) is 0 Å². The van der Waals surface area contributed by atoms with Crippen LogP contribution in [-0.2, 0) is 14.8 Å². The SMILES string of the molecule is CC(=O)Nc1ccc(S(=O)(=O)NC2NC=CS2)cc1. The zero-order chi connectivity index (χ0) is 13.9. The molecule has 1 heterocycles. The molecule has 19 heavy (non-hydrogen) atoms. The fraction of sp³-hybridized carbons (Fsp3) is 0.182. The second-order valence-corrected chi connectivity index (χ2v) is 6.54. The van der Waals surface area contributed by atoms with Crippen molar-refractivity contribution in [1.29, 1.82) is 0 Å². The van der Waals surface area contributed by atoms with Gasteiger partial charge in [-0.05, 0) is 29.7 Å². The Hall–Kier alpha value is -1.51. The number of carbonyl (C=O) groups is 1. The Morgan fingerprint density at radius 2 is 2.00 bits per heavy atom. The average molecular weight is 299 g/mol. The van der Waals surface area contributed by atoms with Crippen LogP contribution in [0.3, 0.4) is 0 Å². The number of hydrogen-bond donors (Lipinski definition) is 3. The number of amides is 1. The van der Waals surface area contributed by atoms with Crippen molar-refractivity contribution in [2.75, 3.05) is 5.32 Å². The maximum atomic E-state index is 12.0. The third kappa shape index (κ3) is 3.72. The molecular weight excluding hydrogens is 286 g/mol. The molecule has 0 saturated carbocycles. The zero-order valence-corrected chi connectivity index (χ0v) is 11.7. The van der Waals surface area contributed by atoms with E-state index in [-0.39, 0.29) is 16.3 Å². The van der Waals surface area contributed by atoms with Crippen molar-refractivity contribution in [3.63, 3.8) is 0 Å².